The maximum absolute atomic E-state index is 14.3. The van der Waals surface area contributed by atoms with Gasteiger partial charge in [0.2, 0.25) is 0 Å². The molecule has 0 bridgehead atoms. The highest BCUT2D eigenvalue weighted by atomic mass is 35.5. The van der Waals surface area contributed by atoms with Crippen molar-refractivity contribution in [2.24, 2.45) is 0 Å². The van der Waals surface area contributed by atoms with Gasteiger partial charge in [-0.3, -0.25) is 0 Å². The summed E-state index contributed by atoms with van der Waals surface area (Å²) in [6.45, 7) is 2.10. The van der Waals surface area contributed by atoms with E-state index in [1.807, 2.05) is 38.4 Å². The second-order valence-electron chi connectivity index (χ2n) is 6.22. The number of hydrogen-bond donors (Lipinski definition) is 0. The largest absolute Gasteiger partial charge is 0.303 e. The van der Waals surface area contributed by atoms with Gasteiger partial charge in [0.05, 0.1) is 11.3 Å². The van der Waals surface area contributed by atoms with Crippen molar-refractivity contribution in [1.82, 2.24) is 9.88 Å². The molecule has 0 fully saturated rings. The summed E-state index contributed by atoms with van der Waals surface area (Å²) in [6, 6.07) is 14.7. The van der Waals surface area contributed by atoms with Crippen molar-refractivity contribution < 1.29 is 4.39 Å². The van der Waals surface area contributed by atoms with Crippen LogP contribution >= 0.6 is 11.6 Å². The van der Waals surface area contributed by atoms with E-state index >= 15 is 0 Å². The molecule has 0 N–H and O–H groups in total. The van der Waals surface area contributed by atoms with Crippen LogP contribution in [0.4, 0.5) is 4.39 Å². The van der Waals surface area contributed by atoms with Gasteiger partial charge in [0.1, 0.15) is 11.6 Å². The summed E-state index contributed by atoms with van der Waals surface area (Å²) in [5.74, 6) is -0.494. The fourth-order valence-electron chi connectivity index (χ4n) is 2.76. The summed E-state index contributed by atoms with van der Waals surface area (Å²) in [5, 5.41) is 10.3. The fourth-order valence-corrected chi connectivity index (χ4v) is 2.97. The zero-order valence-electron chi connectivity index (χ0n) is 14.2. The number of benzene rings is 2. The topological polar surface area (TPSA) is 39.9 Å². The van der Waals surface area contributed by atoms with Crippen LogP contribution < -0.4 is 0 Å². The molecule has 2 aromatic carbocycles. The average molecular weight is 354 g/mol. The minimum Gasteiger partial charge on any atom is -0.303 e. The monoisotopic (exact) mass is 353 g/mol. The Kier molecular flexibility index (Phi) is 4.71. The van der Waals surface area contributed by atoms with Crippen molar-refractivity contribution in [1.29, 1.82) is 5.26 Å². The van der Waals surface area contributed by atoms with Gasteiger partial charge >= 0.3 is 0 Å². The Labute approximate surface area is 151 Å². The Morgan fingerprint density at radius 1 is 1.20 bits per heavy atom. The first-order valence-corrected chi connectivity index (χ1v) is 8.25. The quantitative estimate of drug-likeness (QED) is 0.650. The van der Waals surface area contributed by atoms with E-state index in [9.17, 15) is 9.65 Å². The summed E-state index contributed by atoms with van der Waals surface area (Å²) < 4.78 is 14.3. The second kappa shape index (κ2) is 6.79. The maximum Gasteiger partial charge on any atom is 0.150 e. The van der Waals surface area contributed by atoms with E-state index in [4.69, 9.17) is 11.6 Å². The predicted molar refractivity (Wildman–Crippen MR) is 99.0 cm³/mol. The van der Waals surface area contributed by atoms with Crippen molar-refractivity contribution in [3.63, 3.8) is 0 Å². The van der Waals surface area contributed by atoms with Crippen LogP contribution in [0.25, 0.3) is 22.2 Å². The molecule has 0 aliphatic carbocycles. The summed E-state index contributed by atoms with van der Waals surface area (Å²) in [6.07, 6.45) is 0. The number of pyridine rings is 1. The number of rotatable bonds is 3. The lowest BCUT2D eigenvalue weighted by Gasteiger charge is -2.20. The van der Waals surface area contributed by atoms with E-state index in [1.165, 1.54) is 6.07 Å². The molecule has 1 aromatic heterocycles. The molecule has 3 aromatic rings. The van der Waals surface area contributed by atoms with Gasteiger partial charge in [-0.2, -0.15) is 5.26 Å². The first-order valence-electron chi connectivity index (χ1n) is 7.87. The SMILES string of the molecule is CC(c1cccc(-c2nc3c(F)cc(Cl)cc3cc2C#N)c1)N(C)C. The van der Waals surface area contributed by atoms with E-state index in [2.05, 4.69) is 22.9 Å². The van der Waals surface area contributed by atoms with Gasteiger partial charge in [0, 0.05) is 22.0 Å². The number of nitrogens with zero attached hydrogens (tertiary/aromatic N) is 3. The van der Waals surface area contributed by atoms with Crippen LogP contribution in [0.3, 0.4) is 0 Å². The van der Waals surface area contributed by atoms with Crippen LogP contribution in [-0.4, -0.2) is 24.0 Å². The normalized spacial score (nSPS) is 12.4. The first kappa shape index (κ1) is 17.3. The molecule has 0 saturated heterocycles. The second-order valence-corrected chi connectivity index (χ2v) is 6.66. The van der Waals surface area contributed by atoms with E-state index in [-0.39, 0.29) is 16.6 Å². The molecule has 1 unspecified atom stereocenters. The van der Waals surface area contributed by atoms with Crippen LogP contribution in [0.2, 0.25) is 5.02 Å². The van der Waals surface area contributed by atoms with Gasteiger partial charge in [0.25, 0.3) is 0 Å². The van der Waals surface area contributed by atoms with Crippen LogP contribution in [0, 0.1) is 17.1 Å². The number of nitriles is 1. The molecular weight excluding hydrogens is 337 g/mol. The number of halogens is 2. The molecule has 0 spiro atoms. The molecule has 0 radical (unpaired) electrons. The third kappa shape index (κ3) is 3.34. The molecule has 3 nitrogen and oxygen atoms in total. The Balaban J connectivity index is 2.22. The van der Waals surface area contributed by atoms with Crippen molar-refractivity contribution in [3.05, 3.63) is 64.4 Å². The minimum absolute atomic E-state index is 0.210. The van der Waals surface area contributed by atoms with Crippen LogP contribution in [-0.2, 0) is 0 Å². The minimum atomic E-state index is -0.494. The Hall–Kier alpha value is -2.48. The predicted octanol–water partition coefficient (Wildman–Crippen LogP) is 5.19. The zero-order chi connectivity index (χ0) is 18.1. The smallest absolute Gasteiger partial charge is 0.150 e. The van der Waals surface area contributed by atoms with Crippen molar-refractivity contribution >= 4 is 22.5 Å². The third-order valence-electron chi connectivity index (χ3n) is 4.37. The highest BCUT2D eigenvalue weighted by molar-refractivity contribution is 6.31. The van der Waals surface area contributed by atoms with E-state index in [0.29, 0.717) is 16.6 Å². The molecule has 5 heteroatoms. The summed E-state index contributed by atoms with van der Waals surface area (Å²) in [4.78, 5) is 6.53. The average Bonchev–Trinajstić information content (AvgIpc) is 2.59. The molecule has 25 heavy (non-hydrogen) atoms. The molecule has 0 amide bonds. The number of fused-ring (bicyclic) bond motifs is 1. The van der Waals surface area contributed by atoms with Gasteiger partial charge in [-0.05, 0) is 50.8 Å². The van der Waals surface area contributed by atoms with Crippen LogP contribution in [0.1, 0.15) is 24.1 Å². The van der Waals surface area contributed by atoms with Gasteiger partial charge in [-0.15, -0.1) is 0 Å². The fraction of sp³-hybridized carbons (Fsp3) is 0.200. The lowest BCUT2D eigenvalue weighted by Crippen LogP contribution is -2.16. The molecular formula is C20H17ClFN3. The highest BCUT2D eigenvalue weighted by Gasteiger charge is 2.15. The van der Waals surface area contributed by atoms with E-state index in [1.54, 1.807) is 12.1 Å². The molecule has 3 rings (SSSR count). The molecule has 126 valence electrons. The molecule has 1 heterocycles. The number of aromatic nitrogens is 1. The molecule has 0 aliphatic heterocycles. The Bertz CT molecular complexity index is 992. The van der Waals surface area contributed by atoms with Gasteiger partial charge in [-0.1, -0.05) is 29.8 Å². The van der Waals surface area contributed by atoms with Crippen molar-refractivity contribution in [3.8, 4) is 17.3 Å². The van der Waals surface area contributed by atoms with Gasteiger partial charge < -0.3 is 4.90 Å². The van der Waals surface area contributed by atoms with Crippen LogP contribution in [0.15, 0.2) is 42.5 Å². The Morgan fingerprint density at radius 2 is 1.96 bits per heavy atom. The summed E-state index contributed by atoms with van der Waals surface area (Å²) in [5.41, 5.74) is 2.97. The lowest BCUT2D eigenvalue weighted by atomic mass is 9.99. The molecule has 1 atom stereocenters. The first-order chi connectivity index (χ1) is 11.9. The van der Waals surface area contributed by atoms with E-state index < -0.39 is 5.82 Å². The zero-order valence-corrected chi connectivity index (χ0v) is 15.0. The van der Waals surface area contributed by atoms with Gasteiger partial charge in [0.15, 0.2) is 5.82 Å². The molecule has 0 saturated carbocycles. The molecule has 0 aliphatic rings. The Morgan fingerprint density at radius 3 is 2.64 bits per heavy atom. The van der Waals surface area contributed by atoms with Crippen molar-refractivity contribution in [2.75, 3.05) is 14.1 Å². The van der Waals surface area contributed by atoms with E-state index in [0.717, 1.165) is 11.1 Å². The summed E-state index contributed by atoms with van der Waals surface area (Å²) >= 11 is 5.91. The maximum atomic E-state index is 14.3. The standard InChI is InChI=1S/C20H17ClFN3/c1-12(25(2)3)13-5-4-6-14(7-13)19-16(11-23)8-15-9-17(21)10-18(22)20(15)24-19/h4-10,12H,1-3H3. The van der Waals surface area contributed by atoms with Crippen LogP contribution in [0.5, 0.6) is 0 Å². The van der Waals surface area contributed by atoms with Crippen molar-refractivity contribution in [2.45, 2.75) is 13.0 Å². The number of hydrogen-bond acceptors (Lipinski definition) is 3. The lowest BCUT2D eigenvalue weighted by molar-refractivity contribution is 0.321. The highest BCUT2D eigenvalue weighted by Crippen LogP contribution is 2.30. The summed E-state index contributed by atoms with van der Waals surface area (Å²) in [7, 11) is 4.01. The third-order valence-corrected chi connectivity index (χ3v) is 4.59. The van der Waals surface area contributed by atoms with Gasteiger partial charge in [-0.25, -0.2) is 9.37 Å².